The zero-order valence-electron chi connectivity index (χ0n) is 17.8. The van der Waals surface area contributed by atoms with E-state index in [0.29, 0.717) is 33.8 Å². The van der Waals surface area contributed by atoms with Crippen LogP contribution in [0.2, 0.25) is 5.02 Å². The molecule has 0 fully saturated rings. The van der Waals surface area contributed by atoms with E-state index in [0.717, 1.165) is 11.1 Å². The van der Waals surface area contributed by atoms with Crippen LogP contribution in [0.5, 0.6) is 0 Å². The number of nitrogens with one attached hydrogen (secondary N) is 1. The fraction of sp³-hybridized carbons (Fsp3) is 0.217. The van der Waals surface area contributed by atoms with Gasteiger partial charge in [0.05, 0.1) is 28.6 Å². The van der Waals surface area contributed by atoms with Crippen molar-refractivity contribution in [3.05, 3.63) is 71.3 Å². The van der Waals surface area contributed by atoms with Crippen LogP contribution in [-0.4, -0.2) is 39.0 Å². The Labute approximate surface area is 195 Å². The monoisotopic (exact) mass is 470 g/mol. The van der Waals surface area contributed by atoms with E-state index < -0.39 is 5.97 Å². The lowest BCUT2D eigenvalue weighted by Gasteiger charge is -2.10. The standard InChI is InChI=1S/C23H23ClN4O3S/c1-4-12-28-21(16-8-6-15(3)7-9-16)26-27-23(28)32-14-20(29)25-19-13-17(10-11-18(19)24)22(30)31-5-2/h4,6-11,13H,1,5,12,14H2,2-3H3,(H,25,29). The summed E-state index contributed by atoms with van der Waals surface area (Å²) in [5.74, 6) is 0.0273. The van der Waals surface area contributed by atoms with E-state index in [4.69, 9.17) is 16.3 Å². The highest BCUT2D eigenvalue weighted by molar-refractivity contribution is 7.99. The Hall–Kier alpha value is -3.10. The maximum absolute atomic E-state index is 12.5. The molecule has 32 heavy (non-hydrogen) atoms. The first-order valence-corrected chi connectivity index (χ1v) is 11.3. The van der Waals surface area contributed by atoms with Gasteiger partial charge in [-0.2, -0.15) is 0 Å². The summed E-state index contributed by atoms with van der Waals surface area (Å²) < 4.78 is 6.90. The summed E-state index contributed by atoms with van der Waals surface area (Å²) in [6.45, 7) is 8.32. The highest BCUT2D eigenvalue weighted by atomic mass is 35.5. The molecule has 0 spiro atoms. The van der Waals surface area contributed by atoms with E-state index in [1.54, 1.807) is 25.1 Å². The van der Waals surface area contributed by atoms with Gasteiger partial charge in [0.25, 0.3) is 0 Å². The molecule has 2 aromatic carbocycles. The van der Waals surface area contributed by atoms with E-state index in [9.17, 15) is 9.59 Å². The molecule has 0 radical (unpaired) electrons. The van der Waals surface area contributed by atoms with Crippen molar-refractivity contribution in [2.75, 3.05) is 17.7 Å². The van der Waals surface area contributed by atoms with Crippen LogP contribution in [0.25, 0.3) is 11.4 Å². The highest BCUT2D eigenvalue weighted by Crippen LogP contribution is 2.26. The Morgan fingerprint density at radius 1 is 1.22 bits per heavy atom. The van der Waals surface area contributed by atoms with Gasteiger partial charge in [0, 0.05) is 12.1 Å². The van der Waals surface area contributed by atoms with Crippen LogP contribution < -0.4 is 5.32 Å². The molecule has 0 aliphatic carbocycles. The number of anilines is 1. The number of thioether (sulfide) groups is 1. The molecule has 1 heterocycles. The topological polar surface area (TPSA) is 86.1 Å². The molecule has 0 atom stereocenters. The third-order valence-electron chi connectivity index (χ3n) is 4.42. The molecule has 1 aromatic heterocycles. The molecular weight excluding hydrogens is 448 g/mol. The smallest absolute Gasteiger partial charge is 0.338 e. The van der Waals surface area contributed by atoms with E-state index in [2.05, 4.69) is 22.1 Å². The number of allylic oxidation sites excluding steroid dienone is 1. The molecule has 0 aliphatic rings. The molecule has 9 heteroatoms. The summed E-state index contributed by atoms with van der Waals surface area (Å²) in [5.41, 5.74) is 2.74. The molecule has 0 saturated heterocycles. The van der Waals surface area contributed by atoms with Crippen molar-refractivity contribution in [3.63, 3.8) is 0 Å². The molecule has 3 aromatic rings. The molecular formula is C23H23ClN4O3S. The Bertz CT molecular complexity index is 1130. The summed E-state index contributed by atoms with van der Waals surface area (Å²) in [5, 5.41) is 12.2. The van der Waals surface area contributed by atoms with Crippen molar-refractivity contribution in [1.82, 2.24) is 14.8 Å². The number of carbonyl (C=O) groups excluding carboxylic acids is 2. The van der Waals surface area contributed by atoms with Crippen LogP contribution in [0.1, 0.15) is 22.8 Å². The fourth-order valence-corrected chi connectivity index (χ4v) is 3.80. The summed E-state index contributed by atoms with van der Waals surface area (Å²) >= 11 is 7.43. The SMILES string of the molecule is C=CCn1c(SCC(=O)Nc2cc(C(=O)OCC)ccc2Cl)nnc1-c1ccc(C)cc1. The third kappa shape index (κ3) is 5.77. The van der Waals surface area contributed by atoms with Crippen LogP contribution >= 0.6 is 23.4 Å². The van der Waals surface area contributed by atoms with Gasteiger partial charge in [-0.15, -0.1) is 16.8 Å². The van der Waals surface area contributed by atoms with Gasteiger partial charge in [-0.1, -0.05) is 59.3 Å². The number of esters is 1. The number of ether oxygens (including phenoxy) is 1. The van der Waals surface area contributed by atoms with E-state index >= 15 is 0 Å². The number of benzene rings is 2. The normalized spacial score (nSPS) is 10.6. The minimum atomic E-state index is -0.477. The fourth-order valence-electron chi connectivity index (χ4n) is 2.88. The van der Waals surface area contributed by atoms with Gasteiger partial charge in [-0.3, -0.25) is 9.36 Å². The van der Waals surface area contributed by atoms with Crippen LogP contribution in [0, 0.1) is 6.92 Å². The average molecular weight is 471 g/mol. The maximum atomic E-state index is 12.5. The first-order chi connectivity index (χ1) is 15.4. The largest absolute Gasteiger partial charge is 0.462 e. The Kier molecular flexibility index (Phi) is 8.08. The van der Waals surface area contributed by atoms with Crippen molar-refractivity contribution >= 4 is 40.9 Å². The number of rotatable bonds is 9. The summed E-state index contributed by atoms with van der Waals surface area (Å²) in [7, 11) is 0. The van der Waals surface area contributed by atoms with Crippen LogP contribution in [0.3, 0.4) is 0 Å². The van der Waals surface area contributed by atoms with Gasteiger partial charge in [0.1, 0.15) is 0 Å². The molecule has 0 aliphatic heterocycles. The quantitative estimate of drug-likeness (QED) is 0.269. The van der Waals surface area contributed by atoms with Gasteiger partial charge >= 0.3 is 5.97 Å². The predicted octanol–water partition coefficient (Wildman–Crippen LogP) is 5.00. The number of aryl methyl sites for hydroxylation is 1. The number of amides is 1. The van der Waals surface area contributed by atoms with Crippen LogP contribution in [-0.2, 0) is 16.1 Å². The molecule has 3 rings (SSSR count). The first kappa shape index (κ1) is 23.6. The highest BCUT2D eigenvalue weighted by Gasteiger charge is 2.16. The molecule has 1 N–H and O–H groups in total. The van der Waals surface area contributed by atoms with Crippen molar-refractivity contribution < 1.29 is 14.3 Å². The molecule has 0 bridgehead atoms. The number of halogens is 1. The van der Waals surface area contributed by atoms with Crippen molar-refractivity contribution in [3.8, 4) is 11.4 Å². The minimum Gasteiger partial charge on any atom is -0.462 e. The summed E-state index contributed by atoms with van der Waals surface area (Å²) in [6.07, 6.45) is 1.76. The van der Waals surface area contributed by atoms with Crippen LogP contribution in [0.15, 0.2) is 60.3 Å². The number of nitrogens with zero attached hydrogens (tertiary/aromatic N) is 3. The molecule has 1 amide bonds. The van der Waals surface area contributed by atoms with E-state index in [1.807, 2.05) is 35.8 Å². The number of hydrogen-bond acceptors (Lipinski definition) is 6. The zero-order chi connectivity index (χ0) is 23.1. The lowest BCUT2D eigenvalue weighted by molar-refractivity contribution is -0.113. The number of carbonyl (C=O) groups is 2. The van der Waals surface area contributed by atoms with E-state index in [1.165, 1.54) is 17.8 Å². The average Bonchev–Trinajstić information content (AvgIpc) is 3.17. The van der Waals surface area contributed by atoms with Crippen molar-refractivity contribution in [2.24, 2.45) is 0 Å². The third-order valence-corrected chi connectivity index (χ3v) is 5.72. The minimum absolute atomic E-state index is 0.0864. The van der Waals surface area contributed by atoms with E-state index in [-0.39, 0.29) is 18.3 Å². The molecule has 0 saturated carbocycles. The summed E-state index contributed by atoms with van der Waals surface area (Å²) in [4.78, 5) is 24.5. The second-order valence-corrected chi connectivity index (χ2v) is 8.17. The zero-order valence-corrected chi connectivity index (χ0v) is 19.4. The molecule has 166 valence electrons. The lowest BCUT2D eigenvalue weighted by Crippen LogP contribution is -2.16. The lowest BCUT2D eigenvalue weighted by atomic mass is 10.1. The van der Waals surface area contributed by atoms with Gasteiger partial charge in [0.2, 0.25) is 5.91 Å². The Balaban J connectivity index is 1.71. The molecule has 7 nitrogen and oxygen atoms in total. The van der Waals surface area contributed by atoms with Gasteiger partial charge < -0.3 is 10.1 Å². The summed E-state index contributed by atoms with van der Waals surface area (Å²) in [6, 6.07) is 12.6. The molecule has 0 unspecified atom stereocenters. The van der Waals surface area contributed by atoms with Gasteiger partial charge in [-0.05, 0) is 32.0 Å². The van der Waals surface area contributed by atoms with Gasteiger partial charge in [0.15, 0.2) is 11.0 Å². The number of aromatic nitrogens is 3. The van der Waals surface area contributed by atoms with Crippen LogP contribution in [0.4, 0.5) is 5.69 Å². The van der Waals surface area contributed by atoms with Crippen molar-refractivity contribution in [2.45, 2.75) is 25.5 Å². The first-order valence-electron chi connectivity index (χ1n) is 9.93. The Morgan fingerprint density at radius 3 is 2.66 bits per heavy atom. The Morgan fingerprint density at radius 2 is 1.97 bits per heavy atom. The number of hydrogen-bond donors (Lipinski definition) is 1. The predicted molar refractivity (Wildman–Crippen MR) is 127 cm³/mol. The van der Waals surface area contributed by atoms with Crippen molar-refractivity contribution in [1.29, 1.82) is 0 Å². The maximum Gasteiger partial charge on any atom is 0.338 e. The second kappa shape index (κ2) is 11.0. The van der Waals surface area contributed by atoms with Gasteiger partial charge in [-0.25, -0.2) is 4.79 Å². The second-order valence-electron chi connectivity index (χ2n) is 6.82.